The van der Waals surface area contributed by atoms with E-state index in [0.29, 0.717) is 6.54 Å². The van der Waals surface area contributed by atoms with Gasteiger partial charge < -0.3 is 10.7 Å². The molecule has 0 amide bonds. The summed E-state index contributed by atoms with van der Waals surface area (Å²) in [5.74, 6) is 0. The third kappa shape index (κ3) is 1.86. The highest BCUT2D eigenvalue weighted by Gasteiger charge is 1.99. The first-order chi connectivity index (χ1) is 6.90. The van der Waals surface area contributed by atoms with Gasteiger partial charge in [-0.05, 0) is 30.2 Å². The number of nitrogens with one attached hydrogen (secondary N) is 1. The van der Waals surface area contributed by atoms with E-state index in [-0.39, 0.29) is 0 Å². The van der Waals surface area contributed by atoms with Gasteiger partial charge >= 0.3 is 0 Å². The lowest BCUT2D eigenvalue weighted by molar-refractivity contribution is 0.935. The predicted octanol–water partition coefficient (Wildman–Crippen LogP) is 2.18. The summed E-state index contributed by atoms with van der Waals surface area (Å²) >= 11 is 0. The van der Waals surface area contributed by atoms with Crippen LogP contribution in [0.25, 0.3) is 11.1 Å². The van der Waals surface area contributed by atoms with E-state index in [4.69, 9.17) is 5.73 Å². The van der Waals surface area contributed by atoms with Gasteiger partial charge in [-0.15, -0.1) is 0 Å². The highest BCUT2D eigenvalue weighted by Crippen LogP contribution is 2.19. The van der Waals surface area contributed by atoms with Crippen LogP contribution in [0.15, 0.2) is 42.6 Å². The van der Waals surface area contributed by atoms with Crippen molar-refractivity contribution in [2.24, 2.45) is 5.73 Å². The Labute approximate surface area is 83.8 Å². The fraction of sp³-hybridized carbons (Fsp3) is 0.167. The maximum absolute atomic E-state index is 5.49. The van der Waals surface area contributed by atoms with Crippen LogP contribution < -0.4 is 5.73 Å². The average molecular weight is 186 g/mol. The molecule has 0 fully saturated rings. The zero-order valence-corrected chi connectivity index (χ0v) is 8.03. The molecule has 0 spiro atoms. The van der Waals surface area contributed by atoms with Crippen molar-refractivity contribution in [3.8, 4) is 11.1 Å². The van der Waals surface area contributed by atoms with Gasteiger partial charge in [0.2, 0.25) is 0 Å². The molecule has 0 aliphatic carbocycles. The molecule has 0 aliphatic heterocycles. The zero-order chi connectivity index (χ0) is 9.80. The minimum Gasteiger partial charge on any atom is -0.364 e. The summed E-state index contributed by atoms with van der Waals surface area (Å²) in [4.78, 5) is 3.23. The Balaban J connectivity index is 2.25. The Kier molecular flexibility index (Phi) is 2.65. The first-order valence-electron chi connectivity index (χ1n) is 4.83. The van der Waals surface area contributed by atoms with Gasteiger partial charge in [-0.25, -0.2) is 0 Å². The van der Waals surface area contributed by atoms with Crippen LogP contribution in [-0.2, 0) is 6.42 Å². The molecule has 3 N–H and O–H groups in total. The van der Waals surface area contributed by atoms with Gasteiger partial charge in [-0.2, -0.15) is 0 Å². The van der Waals surface area contributed by atoms with Crippen molar-refractivity contribution in [3.05, 3.63) is 48.3 Å². The van der Waals surface area contributed by atoms with Crippen LogP contribution in [0, 0.1) is 0 Å². The number of hydrogen-bond donors (Lipinski definition) is 2. The molecule has 0 saturated heterocycles. The molecule has 0 unspecified atom stereocenters. The van der Waals surface area contributed by atoms with Crippen molar-refractivity contribution in [1.82, 2.24) is 4.98 Å². The average Bonchev–Trinajstić information content (AvgIpc) is 2.68. The molecule has 72 valence electrons. The molecule has 0 saturated carbocycles. The topological polar surface area (TPSA) is 41.8 Å². The van der Waals surface area contributed by atoms with Crippen LogP contribution in [0.2, 0.25) is 0 Å². The second kappa shape index (κ2) is 4.11. The maximum Gasteiger partial charge on any atom is 0.0166 e. The molecular weight excluding hydrogens is 172 g/mol. The Morgan fingerprint density at radius 1 is 1.07 bits per heavy atom. The molecule has 14 heavy (non-hydrogen) atoms. The van der Waals surface area contributed by atoms with Crippen molar-refractivity contribution >= 4 is 0 Å². The number of hydrogen-bond acceptors (Lipinski definition) is 1. The molecule has 0 aliphatic rings. The van der Waals surface area contributed by atoms with E-state index in [9.17, 15) is 0 Å². The molecule has 1 aromatic heterocycles. The number of nitrogens with two attached hydrogens (primary N) is 1. The maximum atomic E-state index is 5.49. The van der Waals surface area contributed by atoms with Crippen molar-refractivity contribution in [2.75, 3.05) is 6.54 Å². The second-order valence-corrected chi connectivity index (χ2v) is 3.32. The Morgan fingerprint density at radius 2 is 1.86 bits per heavy atom. The quantitative estimate of drug-likeness (QED) is 0.758. The highest BCUT2D eigenvalue weighted by molar-refractivity contribution is 5.63. The van der Waals surface area contributed by atoms with Gasteiger partial charge in [0, 0.05) is 11.9 Å². The van der Waals surface area contributed by atoms with Crippen LogP contribution in [-0.4, -0.2) is 11.5 Å². The third-order valence-electron chi connectivity index (χ3n) is 2.26. The van der Waals surface area contributed by atoms with Crippen molar-refractivity contribution in [1.29, 1.82) is 0 Å². The number of rotatable bonds is 3. The van der Waals surface area contributed by atoms with E-state index in [2.05, 4.69) is 23.2 Å². The monoisotopic (exact) mass is 186 g/mol. The molecule has 2 heteroatoms. The first kappa shape index (κ1) is 9.03. The molecule has 1 heterocycles. The summed E-state index contributed by atoms with van der Waals surface area (Å²) in [6.45, 7) is 0.689. The molecule has 2 nitrogen and oxygen atoms in total. The second-order valence-electron chi connectivity index (χ2n) is 3.32. The first-order valence-corrected chi connectivity index (χ1v) is 4.83. The number of aromatic amines is 1. The summed E-state index contributed by atoms with van der Waals surface area (Å²) < 4.78 is 0. The lowest BCUT2D eigenvalue weighted by Crippen LogP contribution is -2.02. The normalized spacial score (nSPS) is 10.4. The number of H-pyrrole nitrogens is 1. The number of benzene rings is 1. The van der Waals surface area contributed by atoms with Crippen LogP contribution >= 0.6 is 0 Å². The largest absolute Gasteiger partial charge is 0.364 e. The predicted molar refractivity (Wildman–Crippen MR) is 59.0 cm³/mol. The fourth-order valence-electron chi connectivity index (χ4n) is 1.54. The van der Waals surface area contributed by atoms with Crippen LogP contribution in [0.3, 0.4) is 0 Å². The fourth-order valence-corrected chi connectivity index (χ4v) is 1.54. The van der Waals surface area contributed by atoms with Gasteiger partial charge in [0.1, 0.15) is 0 Å². The van der Waals surface area contributed by atoms with Crippen LogP contribution in [0.5, 0.6) is 0 Å². The Bertz CT molecular complexity index is 390. The Morgan fingerprint density at radius 3 is 2.57 bits per heavy atom. The SMILES string of the molecule is NCCc1cc(-c2ccccc2)c[nH]1. The van der Waals surface area contributed by atoms with Crippen molar-refractivity contribution < 1.29 is 0 Å². The zero-order valence-electron chi connectivity index (χ0n) is 8.03. The van der Waals surface area contributed by atoms with Crippen molar-refractivity contribution in [3.63, 3.8) is 0 Å². The summed E-state index contributed by atoms with van der Waals surface area (Å²) in [6, 6.07) is 12.5. The van der Waals surface area contributed by atoms with E-state index >= 15 is 0 Å². The van der Waals surface area contributed by atoms with Crippen LogP contribution in [0.1, 0.15) is 5.69 Å². The molecular formula is C12H14N2. The number of aromatic nitrogens is 1. The van der Waals surface area contributed by atoms with Crippen LogP contribution in [0.4, 0.5) is 0 Å². The Hall–Kier alpha value is -1.54. The summed E-state index contributed by atoms with van der Waals surface area (Å²) in [5, 5.41) is 0. The molecule has 0 atom stereocenters. The van der Waals surface area contributed by atoms with E-state index in [1.807, 2.05) is 24.4 Å². The summed E-state index contributed by atoms with van der Waals surface area (Å²) in [7, 11) is 0. The van der Waals surface area contributed by atoms with Gasteiger partial charge in [0.05, 0.1) is 0 Å². The highest BCUT2D eigenvalue weighted by atomic mass is 14.7. The van der Waals surface area contributed by atoms with Gasteiger partial charge in [0.25, 0.3) is 0 Å². The van der Waals surface area contributed by atoms with Gasteiger partial charge in [0.15, 0.2) is 0 Å². The van der Waals surface area contributed by atoms with E-state index in [1.165, 1.54) is 16.8 Å². The molecule has 0 bridgehead atoms. The lowest BCUT2D eigenvalue weighted by atomic mass is 10.1. The standard InChI is InChI=1S/C12H14N2/c13-7-6-12-8-11(9-14-12)10-4-2-1-3-5-10/h1-5,8-9,14H,6-7,13H2. The third-order valence-corrected chi connectivity index (χ3v) is 2.26. The molecule has 1 aromatic carbocycles. The molecule has 2 rings (SSSR count). The minimum atomic E-state index is 0.689. The molecule has 2 aromatic rings. The summed E-state index contributed by atoms with van der Waals surface area (Å²) in [6.07, 6.45) is 2.94. The van der Waals surface area contributed by atoms with Crippen molar-refractivity contribution in [2.45, 2.75) is 6.42 Å². The van der Waals surface area contributed by atoms with E-state index in [0.717, 1.165) is 6.42 Å². The van der Waals surface area contributed by atoms with Gasteiger partial charge in [-0.1, -0.05) is 30.3 Å². The van der Waals surface area contributed by atoms with E-state index < -0.39 is 0 Å². The summed E-state index contributed by atoms with van der Waals surface area (Å²) in [5.41, 5.74) is 9.16. The minimum absolute atomic E-state index is 0.689. The van der Waals surface area contributed by atoms with E-state index in [1.54, 1.807) is 0 Å². The lowest BCUT2D eigenvalue weighted by Gasteiger charge is -1.94. The smallest absolute Gasteiger partial charge is 0.0166 e. The molecule has 0 radical (unpaired) electrons. The van der Waals surface area contributed by atoms with Gasteiger partial charge in [-0.3, -0.25) is 0 Å².